The molecule has 1 fully saturated rings. The summed E-state index contributed by atoms with van der Waals surface area (Å²) in [6, 6.07) is -0.142. The van der Waals surface area contributed by atoms with Crippen LogP contribution in [0.3, 0.4) is 0 Å². The molecule has 0 aromatic heterocycles. The van der Waals surface area contributed by atoms with Crippen molar-refractivity contribution in [2.24, 2.45) is 11.1 Å². The second-order valence-corrected chi connectivity index (χ2v) is 3.88. The first-order chi connectivity index (χ1) is 5.04. The molecule has 0 radical (unpaired) electrons. The van der Waals surface area contributed by atoms with Crippen LogP contribution in [0.5, 0.6) is 0 Å². The average Bonchev–Trinajstić information content (AvgIpc) is 1.85. The smallest absolute Gasteiger partial charge is 0.235 e. The molecule has 3 N–H and O–H groups in total. The highest BCUT2D eigenvalue weighted by Gasteiger charge is 2.35. The maximum absolute atomic E-state index is 10.9. The largest absolute Gasteiger partial charge is 0.368 e. The summed E-state index contributed by atoms with van der Waals surface area (Å²) >= 11 is 0. The molecule has 1 rings (SSSR count). The van der Waals surface area contributed by atoms with Crippen molar-refractivity contribution in [3.8, 4) is 0 Å². The SMILES string of the molecule is CC1(C)CCCNC1C(N)=O.Cl. The lowest BCUT2D eigenvalue weighted by Crippen LogP contribution is -2.54. The van der Waals surface area contributed by atoms with Gasteiger partial charge >= 0.3 is 0 Å². The van der Waals surface area contributed by atoms with E-state index in [2.05, 4.69) is 19.2 Å². The molecule has 1 saturated heterocycles. The van der Waals surface area contributed by atoms with E-state index in [0.717, 1.165) is 19.4 Å². The van der Waals surface area contributed by atoms with E-state index in [0.29, 0.717) is 0 Å². The number of hydrogen-bond donors (Lipinski definition) is 2. The van der Waals surface area contributed by atoms with Crippen LogP contribution >= 0.6 is 12.4 Å². The number of hydrogen-bond acceptors (Lipinski definition) is 2. The van der Waals surface area contributed by atoms with Gasteiger partial charge in [0.1, 0.15) is 0 Å². The van der Waals surface area contributed by atoms with Crippen LogP contribution in [0.4, 0.5) is 0 Å². The summed E-state index contributed by atoms with van der Waals surface area (Å²) in [5, 5.41) is 3.13. The van der Waals surface area contributed by atoms with E-state index in [4.69, 9.17) is 5.73 Å². The number of piperidine rings is 1. The minimum atomic E-state index is -0.227. The van der Waals surface area contributed by atoms with E-state index in [1.165, 1.54) is 0 Å². The summed E-state index contributed by atoms with van der Waals surface area (Å²) in [4.78, 5) is 10.9. The highest BCUT2D eigenvalue weighted by atomic mass is 35.5. The van der Waals surface area contributed by atoms with Crippen LogP contribution in [-0.4, -0.2) is 18.5 Å². The normalized spacial score (nSPS) is 27.3. The molecule has 3 nitrogen and oxygen atoms in total. The second kappa shape index (κ2) is 4.10. The lowest BCUT2D eigenvalue weighted by molar-refractivity contribution is -0.123. The van der Waals surface area contributed by atoms with Gasteiger partial charge in [-0.1, -0.05) is 13.8 Å². The molecule has 12 heavy (non-hydrogen) atoms. The molecule has 1 unspecified atom stereocenters. The summed E-state index contributed by atoms with van der Waals surface area (Å²) in [7, 11) is 0. The van der Waals surface area contributed by atoms with Crippen LogP contribution in [0.15, 0.2) is 0 Å². The van der Waals surface area contributed by atoms with Gasteiger partial charge in [0.25, 0.3) is 0 Å². The molecule has 4 heteroatoms. The van der Waals surface area contributed by atoms with Crippen LogP contribution in [0.2, 0.25) is 0 Å². The molecular formula is C8H17ClN2O. The molecule has 0 bridgehead atoms. The summed E-state index contributed by atoms with van der Waals surface area (Å²) in [5.74, 6) is -0.227. The van der Waals surface area contributed by atoms with Crippen LogP contribution in [0.25, 0.3) is 0 Å². The van der Waals surface area contributed by atoms with Gasteiger partial charge in [0.15, 0.2) is 0 Å². The number of nitrogens with one attached hydrogen (secondary N) is 1. The summed E-state index contributed by atoms with van der Waals surface area (Å²) in [6.45, 7) is 5.07. The number of carbonyl (C=O) groups excluding carboxylic acids is 1. The standard InChI is InChI=1S/C8H16N2O.ClH/c1-8(2)4-3-5-10-6(8)7(9)11;/h6,10H,3-5H2,1-2H3,(H2,9,11);1H. The highest BCUT2D eigenvalue weighted by molar-refractivity contribution is 5.85. The maximum atomic E-state index is 10.9. The Morgan fingerprint density at radius 1 is 1.58 bits per heavy atom. The zero-order valence-electron chi connectivity index (χ0n) is 7.59. The lowest BCUT2D eigenvalue weighted by Gasteiger charge is -2.37. The molecular weight excluding hydrogens is 176 g/mol. The number of nitrogens with two attached hydrogens (primary N) is 1. The van der Waals surface area contributed by atoms with E-state index >= 15 is 0 Å². The van der Waals surface area contributed by atoms with Crippen molar-refractivity contribution in [3.63, 3.8) is 0 Å². The molecule has 0 aromatic rings. The molecule has 0 spiro atoms. The van der Waals surface area contributed by atoms with E-state index in [1.54, 1.807) is 0 Å². The summed E-state index contributed by atoms with van der Waals surface area (Å²) < 4.78 is 0. The minimum Gasteiger partial charge on any atom is -0.368 e. The third kappa shape index (κ3) is 2.35. The number of carbonyl (C=O) groups is 1. The Morgan fingerprint density at radius 3 is 2.50 bits per heavy atom. The fourth-order valence-corrected chi connectivity index (χ4v) is 1.70. The summed E-state index contributed by atoms with van der Waals surface area (Å²) in [5.41, 5.74) is 5.27. The second-order valence-electron chi connectivity index (χ2n) is 3.88. The van der Waals surface area contributed by atoms with Gasteiger partial charge in [0.2, 0.25) is 5.91 Å². The predicted molar refractivity (Wildman–Crippen MR) is 51.2 cm³/mol. The van der Waals surface area contributed by atoms with Gasteiger partial charge in [-0.25, -0.2) is 0 Å². The molecule has 0 saturated carbocycles. The zero-order chi connectivity index (χ0) is 8.48. The van der Waals surface area contributed by atoms with Crippen LogP contribution in [0.1, 0.15) is 26.7 Å². The average molecular weight is 193 g/mol. The number of amides is 1. The third-order valence-corrected chi connectivity index (χ3v) is 2.41. The Balaban J connectivity index is 0.00000121. The first kappa shape index (κ1) is 11.7. The third-order valence-electron chi connectivity index (χ3n) is 2.41. The number of halogens is 1. The van der Waals surface area contributed by atoms with Crippen molar-refractivity contribution < 1.29 is 4.79 Å². The van der Waals surface area contributed by atoms with Crippen molar-refractivity contribution >= 4 is 18.3 Å². The first-order valence-electron chi connectivity index (χ1n) is 4.07. The Kier molecular flexibility index (Phi) is 4.00. The molecule has 1 aliphatic heterocycles. The van der Waals surface area contributed by atoms with Crippen molar-refractivity contribution in [2.45, 2.75) is 32.7 Å². The monoisotopic (exact) mass is 192 g/mol. The first-order valence-corrected chi connectivity index (χ1v) is 4.07. The molecule has 0 aromatic carbocycles. The van der Waals surface area contributed by atoms with Crippen LogP contribution < -0.4 is 11.1 Å². The lowest BCUT2D eigenvalue weighted by atomic mass is 9.77. The molecule has 72 valence electrons. The van der Waals surface area contributed by atoms with Gasteiger partial charge in [-0.15, -0.1) is 12.4 Å². The summed E-state index contributed by atoms with van der Waals surface area (Å²) in [6.07, 6.45) is 2.21. The molecule has 1 aliphatic rings. The number of primary amides is 1. The van der Waals surface area contributed by atoms with Crippen molar-refractivity contribution in [2.75, 3.05) is 6.54 Å². The Bertz CT molecular complexity index is 170. The molecule has 1 amide bonds. The molecule has 0 aliphatic carbocycles. The zero-order valence-corrected chi connectivity index (χ0v) is 8.41. The highest BCUT2D eigenvalue weighted by Crippen LogP contribution is 2.29. The topological polar surface area (TPSA) is 55.1 Å². The van der Waals surface area contributed by atoms with Gasteiger partial charge in [0.05, 0.1) is 6.04 Å². The molecule has 1 heterocycles. The van der Waals surface area contributed by atoms with Crippen molar-refractivity contribution in [3.05, 3.63) is 0 Å². The van der Waals surface area contributed by atoms with E-state index in [9.17, 15) is 4.79 Å². The van der Waals surface area contributed by atoms with E-state index < -0.39 is 0 Å². The fourth-order valence-electron chi connectivity index (χ4n) is 1.70. The minimum absolute atomic E-state index is 0. The van der Waals surface area contributed by atoms with Crippen molar-refractivity contribution in [1.29, 1.82) is 0 Å². The Hall–Kier alpha value is -0.280. The van der Waals surface area contributed by atoms with E-state index in [-0.39, 0.29) is 29.8 Å². The van der Waals surface area contributed by atoms with E-state index in [1.807, 2.05) is 0 Å². The Labute approximate surface area is 79.5 Å². The number of rotatable bonds is 1. The van der Waals surface area contributed by atoms with Crippen molar-refractivity contribution in [1.82, 2.24) is 5.32 Å². The van der Waals surface area contributed by atoms with Crippen LogP contribution in [0, 0.1) is 5.41 Å². The van der Waals surface area contributed by atoms with Gasteiger partial charge in [-0.3, -0.25) is 4.79 Å². The van der Waals surface area contributed by atoms with Crippen LogP contribution in [-0.2, 0) is 4.79 Å². The van der Waals surface area contributed by atoms with Gasteiger partial charge < -0.3 is 11.1 Å². The van der Waals surface area contributed by atoms with Gasteiger partial charge in [0, 0.05) is 0 Å². The fraction of sp³-hybridized carbons (Fsp3) is 0.875. The predicted octanol–water partition coefficient (Wildman–Crippen LogP) is 0.672. The van der Waals surface area contributed by atoms with Gasteiger partial charge in [-0.2, -0.15) is 0 Å². The Morgan fingerprint density at radius 2 is 2.17 bits per heavy atom. The molecule has 1 atom stereocenters. The quantitative estimate of drug-likeness (QED) is 0.642. The maximum Gasteiger partial charge on any atom is 0.235 e. The van der Waals surface area contributed by atoms with Gasteiger partial charge in [-0.05, 0) is 24.8 Å².